The molecule has 0 fully saturated rings. The summed E-state index contributed by atoms with van der Waals surface area (Å²) in [5.74, 6) is -0.653. The molecule has 0 amide bonds. The van der Waals surface area contributed by atoms with Crippen molar-refractivity contribution in [2.75, 3.05) is 13.2 Å². The van der Waals surface area contributed by atoms with E-state index in [-0.39, 0.29) is 31.6 Å². The smallest absolute Gasteiger partial charge is 0.306 e. The molecule has 0 rings (SSSR count). The van der Waals surface area contributed by atoms with Gasteiger partial charge in [0.25, 0.3) is 0 Å². The number of aliphatic hydroxyl groups is 1. The van der Waals surface area contributed by atoms with Gasteiger partial charge >= 0.3 is 11.9 Å². The molecule has 1 unspecified atom stereocenters. The summed E-state index contributed by atoms with van der Waals surface area (Å²) in [5.41, 5.74) is 0. The van der Waals surface area contributed by atoms with Crippen LogP contribution >= 0.6 is 0 Å². The normalized spacial score (nSPS) is 12.7. The molecule has 0 heterocycles. The van der Waals surface area contributed by atoms with Gasteiger partial charge in [-0.05, 0) is 64.2 Å². The van der Waals surface area contributed by atoms with Crippen LogP contribution in [-0.4, -0.2) is 36.4 Å². The van der Waals surface area contributed by atoms with Crippen molar-refractivity contribution in [1.82, 2.24) is 0 Å². The van der Waals surface area contributed by atoms with Crippen LogP contribution in [0.1, 0.15) is 322 Å². The third-order valence-corrected chi connectivity index (χ3v) is 14.2. The molecule has 428 valence electrons. The van der Waals surface area contributed by atoms with E-state index in [0.29, 0.717) is 12.8 Å². The average Bonchev–Trinajstić information content (AvgIpc) is 3.40. The fraction of sp³-hybridized carbons (Fsp3) is 0.768. The maximum Gasteiger partial charge on any atom is 0.306 e. The Kier molecular flexibility index (Phi) is 61.8. The minimum Gasteiger partial charge on any atom is -0.462 e. The summed E-state index contributed by atoms with van der Waals surface area (Å²) >= 11 is 0. The molecule has 0 aromatic rings. The third-order valence-electron chi connectivity index (χ3n) is 14.2. The van der Waals surface area contributed by atoms with Crippen molar-refractivity contribution in [3.63, 3.8) is 0 Å². The third kappa shape index (κ3) is 61.6. The van der Waals surface area contributed by atoms with Gasteiger partial charge in [0.1, 0.15) is 6.61 Å². The number of esters is 2. The molecule has 0 aliphatic carbocycles. The molecule has 0 saturated heterocycles. The first-order valence-corrected chi connectivity index (χ1v) is 32.1. The molecule has 74 heavy (non-hydrogen) atoms. The summed E-state index contributed by atoms with van der Waals surface area (Å²) in [6.45, 7) is 4.01. The van der Waals surface area contributed by atoms with Crippen LogP contribution < -0.4 is 0 Å². The Bertz CT molecular complexity index is 1350. The zero-order chi connectivity index (χ0) is 53.4. The zero-order valence-corrected chi connectivity index (χ0v) is 49.1. The van der Waals surface area contributed by atoms with Gasteiger partial charge in [0, 0.05) is 12.8 Å². The number of ether oxygens (including phenoxy) is 2. The summed E-state index contributed by atoms with van der Waals surface area (Å²) in [5, 5.41) is 9.66. The van der Waals surface area contributed by atoms with Crippen molar-refractivity contribution in [1.29, 1.82) is 0 Å². The van der Waals surface area contributed by atoms with E-state index in [1.165, 1.54) is 218 Å². The molecule has 0 aromatic heterocycles. The van der Waals surface area contributed by atoms with Crippen molar-refractivity contribution in [3.8, 4) is 0 Å². The molecule has 0 aromatic carbocycles. The number of carbonyl (C=O) groups is 2. The second-order valence-electron chi connectivity index (χ2n) is 21.5. The standard InChI is InChI=1S/C69H122O5/c1-3-5-7-9-11-13-15-17-19-21-23-25-27-28-29-30-31-32-33-34-35-36-37-38-39-40-42-43-45-47-49-51-53-55-57-59-61-63-68(71)73-66-67(65-70)74-69(72)64-62-60-58-56-54-52-50-48-46-44-41-26-24-22-20-18-16-14-12-10-8-6-4-2/h6,8,12,14,18,20,24,26,44,46,50,52,56,58,67,70H,3-5,7,9-11,13,15-17,19,21-23,25,27-43,45,47-49,51,53-55,57,59-66H2,1-2H3/b8-6-,14-12-,20-18-,26-24-,46-44-,52-50-,58-56-. The summed E-state index contributed by atoms with van der Waals surface area (Å²) in [7, 11) is 0. The van der Waals surface area contributed by atoms with Crippen molar-refractivity contribution in [2.45, 2.75) is 328 Å². The van der Waals surface area contributed by atoms with E-state index < -0.39 is 6.10 Å². The van der Waals surface area contributed by atoms with Gasteiger partial charge in [0.2, 0.25) is 0 Å². The van der Waals surface area contributed by atoms with E-state index in [4.69, 9.17) is 9.47 Å². The lowest BCUT2D eigenvalue weighted by Gasteiger charge is -2.15. The summed E-state index contributed by atoms with van der Waals surface area (Å²) in [4.78, 5) is 24.5. The SMILES string of the molecule is CC/C=C\C/C=C\C/C=C\C/C=C\C/C=C\C/C=C\C/C=C\CCCC(=O)OC(CO)COC(=O)CCCCCCCCCCCCCCCCCCCCCCCCCCCCCCCCCCCCCCC. The van der Waals surface area contributed by atoms with E-state index >= 15 is 0 Å². The van der Waals surface area contributed by atoms with Crippen LogP contribution in [0, 0.1) is 0 Å². The first-order chi connectivity index (χ1) is 36.6. The second kappa shape index (κ2) is 64.4. The summed E-state index contributed by atoms with van der Waals surface area (Å²) in [6, 6.07) is 0. The number of allylic oxidation sites excluding steroid dienone is 14. The van der Waals surface area contributed by atoms with Crippen LogP contribution in [0.25, 0.3) is 0 Å². The zero-order valence-electron chi connectivity index (χ0n) is 49.1. The van der Waals surface area contributed by atoms with Crippen LogP contribution in [0.5, 0.6) is 0 Å². The number of carbonyl (C=O) groups excluding carboxylic acids is 2. The number of hydrogen-bond donors (Lipinski definition) is 1. The molecule has 5 nitrogen and oxygen atoms in total. The maximum absolute atomic E-state index is 12.3. The van der Waals surface area contributed by atoms with Gasteiger partial charge in [-0.2, -0.15) is 0 Å². The number of hydrogen-bond acceptors (Lipinski definition) is 5. The van der Waals surface area contributed by atoms with Gasteiger partial charge in [0.05, 0.1) is 6.61 Å². The lowest BCUT2D eigenvalue weighted by molar-refractivity contribution is -0.161. The predicted molar refractivity (Wildman–Crippen MR) is 325 cm³/mol. The Morgan fingerprint density at radius 1 is 0.324 bits per heavy atom. The maximum atomic E-state index is 12.3. The van der Waals surface area contributed by atoms with E-state index in [1.807, 2.05) is 0 Å². The fourth-order valence-corrected chi connectivity index (χ4v) is 9.43. The van der Waals surface area contributed by atoms with Gasteiger partial charge < -0.3 is 14.6 Å². The Hall–Kier alpha value is -2.92. The largest absolute Gasteiger partial charge is 0.462 e. The predicted octanol–water partition coefficient (Wildman–Crippen LogP) is 22.1. The molecule has 0 bridgehead atoms. The highest BCUT2D eigenvalue weighted by Crippen LogP contribution is 2.18. The minimum absolute atomic E-state index is 0.0906. The van der Waals surface area contributed by atoms with Crippen molar-refractivity contribution >= 4 is 11.9 Å². The Morgan fingerprint density at radius 3 is 0.865 bits per heavy atom. The van der Waals surface area contributed by atoms with Gasteiger partial charge in [-0.25, -0.2) is 0 Å². The van der Waals surface area contributed by atoms with Crippen LogP contribution in [0.15, 0.2) is 85.1 Å². The van der Waals surface area contributed by atoms with E-state index in [2.05, 4.69) is 98.9 Å². The van der Waals surface area contributed by atoms with Gasteiger partial charge in [0.15, 0.2) is 6.10 Å². The highest BCUT2D eigenvalue weighted by atomic mass is 16.6. The Labute approximate surface area is 460 Å². The van der Waals surface area contributed by atoms with Crippen LogP contribution in [0.3, 0.4) is 0 Å². The Balaban J connectivity index is 3.46. The lowest BCUT2D eigenvalue weighted by atomic mass is 10.0. The van der Waals surface area contributed by atoms with E-state index in [0.717, 1.165) is 70.6 Å². The molecule has 1 N–H and O–H groups in total. The molecule has 1 atom stereocenters. The molecular formula is C69H122O5. The van der Waals surface area contributed by atoms with Crippen molar-refractivity contribution < 1.29 is 24.2 Å². The van der Waals surface area contributed by atoms with E-state index in [9.17, 15) is 14.7 Å². The average molecular weight is 1030 g/mol. The van der Waals surface area contributed by atoms with Gasteiger partial charge in [-0.1, -0.05) is 330 Å². The number of rotatable bonds is 59. The number of unbranched alkanes of at least 4 members (excludes halogenated alkanes) is 37. The first-order valence-electron chi connectivity index (χ1n) is 32.1. The fourth-order valence-electron chi connectivity index (χ4n) is 9.43. The van der Waals surface area contributed by atoms with Crippen LogP contribution in [0.4, 0.5) is 0 Å². The molecule has 0 aliphatic rings. The summed E-state index contributed by atoms with van der Waals surface area (Å²) in [6.07, 6.45) is 90.4. The molecule has 5 heteroatoms. The monoisotopic (exact) mass is 1030 g/mol. The van der Waals surface area contributed by atoms with Gasteiger partial charge in [-0.15, -0.1) is 0 Å². The molecular weight excluding hydrogens is 909 g/mol. The molecule has 0 aliphatic heterocycles. The van der Waals surface area contributed by atoms with Crippen LogP contribution in [0.2, 0.25) is 0 Å². The molecule has 0 radical (unpaired) electrons. The highest BCUT2D eigenvalue weighted by molar-refractivity contribution is 5.70. The Morgan fingerprint density at radius 2 is 0.581 bits per heavy atom. The van der Waals surface area contributed by atoms with E-state index in [1.54, 1.807) is 0 Å². The quantitative estimate of drug-likeness (QED) is 0.0373. The second-order valence-corrected chi connectivity index (χ2v) is 21.5. The lowest BCUT2D eigenvalue weighted by Crippen LogP contribution is -2.28. The minimum atomic E-state index is -0.808. The summed E-state index contributed by atoms with van der Waals surface area (Å²) < 4.78 is 10.7. The molecule has 0 saturated carbocycles. The topological polar surface area (TPSA) is 72.8 Å². The van der Waals surface area contributed by atoms with Gasteiger partial charge in [-0.3, -0.25) is 9.59 Å². The highest BCUT2D eigenvalue weighted by Gasteiger charge is 2.16. The number of aliphatic hydroxyl groups excluding tert-OH is 1. The van der Waals surface area contributed by atoms with Crippen LogP contribution in [-0.2, 0) is 19.1 Å². The van der Waals surface area contributed by atoms with Crippen molar-refractivity contribution in [3.05, 3.63) is 85.1 Å². The van der Waals surface area contributed by atoms with Crippen molar-refractivity contribution in [2.24, 2.45) is 0 Å². The molecule has 0 spiro atoms. The first kappa shape index (κ1) is 71.1.